The Kier molecular flexibility index (Phi) is 6.99. The molecule has 3 amide bonds. The molecule has 9 nitrogen and oxygen atoms in total. The standard InChI is InChI=1S/C37H31NO8/c1-45-22-13-16-29(39)27(17-22)32-23-14-15-24-31(35(43)38(34(24)42)36(44)46-2)26(23)18-28-33(41)25(20-9-5-3-6-10-20)19-30(40)37(28,32)21-11-7-4-8-12-21/h3-14,16-17,19,24,26,28,31-32,39H,15,18H2,1-2H3/t24-,26+,28-,31-,32+,37-/m0/s1. The van der Waals surface area contributed by atoms with Crippen molar-refractivity contribution >= 4 is 35.0 Å². The summed E-state index contributed by atoms with van der Waals surface area (Å²) < 4.78 is 10.3. The van der Waals surface area contributed by atoms with E-state index >= 15 is 0 Å². The van der Waals surface area contributed by atoms with E-state index in [1.807, 2.05) is 42.5 Å². The molecule has 3 aromatic carbocycles. The van der Waals surface area contributed by atoms with Crippen LogP contribution in [0.3, 0.4) is 0 Å². The third kappa shape index (κ3) is 4.04. The lowest BCUT2D eigenvalue weighted by molar-refractivity contribution is -0.138. The van der Waals surface area contributed by atoms with Gasteiger partial charge in [0.2, 0.25) is 11.8 Å². The predicted octanol–water partition coefficient (Wildman–Crippen LogP) is 4.99. The van der Waals surface area contributed by atoms with Crippen molar-refractivity contribution in [3.05, 3.63) is 113 Å². The fourth-order valence-corrected chi connectivity index (χ4v) is 8.38. The molecular formula is C37H31NO8. The quantitative estimate of drug-likeness (QED) is 0.321. The molecule has 232 valence electrons. The van der Waals surface area contributed by atoms with Gasteiger partial charge in [0.1, 0.15) is 11.5 Å². The maximum Gasteiger partial charge on any atom is 0.423 e. The van der Waals surface area contributed by atoms with Crippen molar-refractivity contribution in [1.29, 1.82) is 0 Å². The van der Waals surface area contributed by atoms with Crippen LogP contribution in [0.25, 0.3) is 5.57 Å². The normalized spacial score (nSPS) is 28.5. The maximum absolute atomic E-state index is 15.0. The molecule has 6 atom stereocenters. The van der Waals surface area contributed by atoms with Gasteiger partial charge in [0, 0.05) is 23.0 Å². The number of carbonyl (C=O) groups excluding carboxylic acids is 5. The average Bonchev–Trinajstić information content (AvgIpc) is 3.35. The Morgan fingerprint density at radius 1 is 0.891 bits per heavy atom. The number of benzene rings is 3. The van der Waals surface area contributed by atoms with E-state index in [1.165, 1.54) is 19.3 Å². The molecule has 1 N–H and O–H groups in total. The number of fused-ring (bicyclic) bond motifs is 4. The first-order valence-corrected chi connectivity index (χ1v) is 15.2. The second-order valence-corrected chi connectivity index (χ2v) is 12.2. The van der Waals surface area contributed by atoms with Crippen LogP contribution in [0, 0.1) is 23.7 Å². The van der Waals surface area contributed by atoms with Crippen molar-refractivity contribution in [3.63, 3.8) is 0 Å². The molecule has 1 saturated heterocycles. The number of aromatic hydroxyl groups is 1. The molecule has 1 saturated carbocycles. The Balaban J connectivity index is 1.52. The lowest BCUT2D eigenvalue weighted by Gasteiger charge is -2.55. The average molecular weight is 618 g/mol. The molecule has 0 unspecified atom stereocenters. The molecule has 0 aromatic heterocycles. The Labute approximate surface area is 265 Å². The molecule has 4 aliphatic rings. The smallest absolute Gasteiger partial charge is 0.423 e. The summed E-state index contributed by atoms with van der Waals surface area (Å²) in [6, 6.07) is 22.8. The van der Waals surface area contributed by atoms with Crippen LogP contribution in [-0.4, -0.2) is 53.7 Å². The number of ether oxygens (including phenoxy) is 2. The number of phenols is 1. The van der Waals surface area contributed by atoms with Gasteiger partial charge >= 0.3 is 6.09 Å². The van der Waals surface area contributed by atoms with Gasteiger partial charge in [0.15, 0.2) is 11.6 Å². The van der Waals surface area contributed by atoms with Gasteiger partial charge in [-0.3, -0.25) is 19.2 Å². The number of hydrogen-bond acceptors (Lipinski definition) is 8. The summed E-state index contributed by atoms with van der Waals surface area (Å²) in [5, 5.41) is 11.5. The highest BCUT2D eigenvalue weighted by Crippen LogP contribution is 2.64. The van der Waals surface area contributed by atoms with Gasteiger partial charge in [0.05, 0.1) is 31.5 Å². The van der Waals surface area contributed by atoms with Gasteiger partial charge in [-0.05, 0) is 54.2 Å². The second kappa shape index (κ2) is 10.9. The van der Waals surface area contributed by atoms with Crippen LogP contribution in [0.2, 0.25) is 0 Å². The molecule has 3 aliphatic carbocycles. The second-order valence-electron chi connectivity index (χ2n) is 12.2. The van der Waals surface area contributed by atoms with E-state index in [0.717, 1.165) is 7.11 Å². The van der Waals surface area contributed by atoms with Crippen LogP contribution < -0.4 is 4.74 Å². The number of amides is 3. The molecule has 9 heteroatoms. The number of hydrogen-bond donors (Lipinski definition) is 1. The summed E-state index contributed by atoms with van der Waals surface area (Å²) in [6.45, 7) is 0. The zero-order valence-electron chi connectivity index (χ0n) is 25.2. The van der Waals surface area contributed by atoms with Crippen LogP contribution in [-0.2, 0) is 29.3 Å². The van der Waals surface area contributed by atoms with Crippen LogP contribution in [0.5, 0.6) is 11.5 Å². The lowest BCUT2D eigenvalue weighted by Crippen LogP contribution is -2.58. The minimum absolute atomic E-state index is 0.0753. The van der Waals surface area contributed by atoms with Crippen LogP contribution in [0.4, 0.5) is 4.79 Å². The highest BCUT2D eigenvalue weighted by molar-refractivity contribution is 6.31. The number of likely N-dealkylation sites (tertiary alicyclic amines) is 1. The van der Waals surface area contributed by atoms with E-state index in [0.29, 0.717) is 32.9 Å². The van der Waals surface area contributed by atoms with Gasteiger partial charge < -0.3 is 14.6 Å². The molecular weight excluding hydrogens is 586 g/mol. The van der Waals surface area contributed by atoms with Crippen molar-refractivity contribution < 1.29 is 38.6 Å². The van der Waals surface area contributed by atoms with Crippen LogP contribution in [0.1, 0.15) is 35.4 Å². The van der Waals surface area contributed by atoms with E-state index in [9.17, 15) is 29.1 Å². The Bertz CT molecular complexity index is 1860. The van der Waals surface area contributed by atoms with Crippen molar-refractivity contribution in [2.45, 2.75) is 24.2 Å². The number of nitrogens with zero attached hydrogens (tertiary/aromatic N) is 1. The number of methoxy groups -OCH3 is 2. The first kappa shape index (κ1) is 29.4. The van der Waals surface area contributed by atoms with Crippen molar-refractivity contribution in [3.8, 4) is 11.5 Å². The highest BCUT2D eigenvalue weighted by Gasteiger charge is 2.66. The predicted molar refractivity (Wildman–Crippen MR) is 165 cm³/mol. The monoisotopic (exact) mass is 617 g/mol. The Morgan fingerprint density at radius 2 is 1.59 bits per heavy atom. The molecule has 2 fully saturated rings. The number of allylic oxidation sites excluding steroid dienone is 4. The highest BCUT2D eigenvalue weighted by atomic mass is 16.5. The zero-order valence-corrected chi connectivity index (χ0v) is 25.2. The van der Waals surface area contributed by atoms with Crippen molar-refractivity contribution in [2.24, 2.45) is 23.7 Å². The minimum Gasteiger partial charge on any atom is -0.508 e. The van der Waals surface area contributed by atoms with Crippen molar-refractivity contribution in [1.82, 2.24) is 4.90 Å². The number of carbonyl (C=O) groups is 5. The summed E-state index contributed by atoms with van der Waals surface area (Å²) in [6.07, 6.45) is 2.43. The molecule has 3 aromatic rings. The third-order valence-electron chi connectivity index (χ3n) is 10.3. The summed E-state index contributed by atoms with van der Waals surface area (Å²) in [7, 11) is 2.60. The van der Waals surface area contributed by atoms with E-state index in [2.05, 4.69) is 0 Å². The molecule has 0 bridgehead atoms. The van der Waals surface area contributed by atoms with E-state index in [-0.39, 0.29) is 35.7 Å². The molecule has 7 rings (SSSR count). The number of phenolic OH excluding ortho intramolecular Hbond substituents is 1. The fourth-order valence-electron chi connectivity index (χ4n) is 8.38. The molecule has 0 spiro atoms. The first-order chi connectivity index (χ1) is 22.2. The van der Waals surface area contributed by atoms with E-state index < -0.39 is 52.9 Å². The maximum atomic E-state index is 15.0. The zero-order chi connectivity index (χ0) is 32.3. The van der Waals surface area contributed by atoms with E-state index in [4.69, 9.17) is 9.47 Å². The van der Waals surface area contributed by atoms with Crippen LogP contribution >= 0.6 is 0 Å². The topological polar surface area (TPSA) is 127 Å². The minimum atomic E-state index is -1.50. The molecule has 0 radical (unpaired) electrons. The number of Topliss-reactive ketones (excluding diaryl/α,β-unsaturated/α-hetero) is 1. The van der Waals surface area contributed by atoms with Crippen LogP contribution in [0.15, 0.2) is 96.6 Å². The number of ketones is 2. The Morgan fingerprint density at radius 3 is 2.26 bits per heavy atom. The molecule has 1 aliphatic heterocycles. The lowest BCUT2D eigenvalue weighted by atomic mass is 9.44. The van der Waals surface area contributed by atoms with Gasteiger partial charge in [0.25, 0.3) is 0 Å². The van der Waals surface area contributed by atoms with Gasteiger partial charge in [-0.15, -0.1) is 0 Å². The number of imide groups is 3. The van der Waals surface area contributed by atoms with Gasteiger partial charge in [-0.1, -0.05) is 72.3 Å². The summed E-state index contributed by atoms with van der Waals surface area (Å²) in [5.74, 6) is -5.94. The largest absolute Gasteiger partial charge is 0.508 e. The fraction of sp³-hybridized carbons (Fsp3) is 0.270. The summed E-state index contributed by atoms with van der Waals surface area (Å²) in [5.41, 5.74) is 0.983. The number of rotatable bonds is 4. The first-order valence-electron chi connectivity index (χ1n) is 15.2. The van der Waals surface area contributed by atoms with Crippen molar-refractivity contribution in [2.75, 3.05) is 14.2 Å². The summed E-state index contributed by atoms with van der Waals surface area (Å²) in [4.78, 5) is 70.3. The SMILES string of the molecule is COC(=O)N1C(=O)[C@H]2[C@H](CC=C3[C@H]2C[C@H]2C(=O)C(c4ccccc4)=CC(=O)[C@@]2(c2ccccc2)[C@H]3c2cc(OC)ccc2O)C1=O. The van der Waals surface area contributed by atoms with E-state index in [1.54, 1.807) is 36.4 Å². The Hall–Kier alpha value is -5.31. The third-order valence-corrected chi connectivity index (χ3v) is 10.3. The molecule has 46 heavy (non-hydrogen) atoms. The van der Waals surface area contributed by atoms with Gasteiger partial charge in [-0.2, -0.15) is 4.90 Å². The summed E-state index contributed by atoms with van der Waals surface area (Å²) >= 11 is 0. The molecule has 1 heterocycles. The van der Waals surface area contributed by atoms with Gasteiger partial charge in [-0.25, -0.2) is 4.79 Å².